The summed E-state index contributed by atoms with van der Waals surface area (Å²) in [5.41, 5.74) is 5.21. The summed E-state index contributed by atoms with van der Waals surface area (Å²) in [6, 6.07) is 22.0. The lowest BCUT2D eigenvalue weighted by atomic mass is 10.1. The summed E-state index contributed by atoms with van der Waals surface area (Å²) in [5, 5.41) is 3.01. The van der Waals surface area contributed by atoms with Crippen LogP contribution in [0, 0.1) is 13.8 Å². The number of amides is 1. The third-order valence-corrected chi connectivity index (χ3v) is 6.65. The second-order valence-corrected chi connectivity index (χ2v) is 9.77. The number of benzene rings is 3. The quantitative estimate of drug-likeness (QED) is 0.220. The highest BCUT2D eigenvalue weighted by Crippen LogP contribution is 2.21. The van der Waals surface area contributed by atoms with Crippen LogP contribution in [0.2, 0.25) is 0 Å². The van der Waals surface area contributed by atoms with Crippen LogP contribution in [0.25, 0.3) is 11.0 Å². The number of imidazole rings is 1. The Hall–Kier alpha value is -3.12. The third kappa shape index (κ3) is 6.73. The fourth-order valence-corrected chi connectivity index (χ4v) is 4.43. The summed E-state index contributed by atoms with van der Waals surface area (Å²) < 4.78 is 9.38. The van der Waals surface area contributed by atoms with Gasteiger partial charge >= 0.3 is 0 Å². The second-order valence-electron chi connectivity index (χ2n) is 8.86. The Balaban J connectivity index is 1.28. The molecule has 182 valence electrons. The smallest absolute Gasteiger partial charge is 0.251 e. The van der Waals surface area contributed by atoms with Crippen LogP contribution >= 0.6 is 15.9 Å². The maximum absolute atomic E-state index is 12.2. The molecule has 1 amide bonds. The molecule has 35 heavy (non-hydrogen) atoms. The number of nitrogens with zero attached hydrogens (tertiary/aromatic N) is 2. The number of carbonyl (C=O) groups is 1. The average Bonchev–Trinajstić information content (AvgIpc) is 3.21. The maximum atomic E-state index is 12.2. The molecule has 0 spiro atoms. The zero-order chi connectivity index (χ0) is 24.6. The van der Waals surface area contributed by atoms with Gasteiger partial charge in [0.1, 0.15) is 18.2 Å². The van der Waals surface area contributed by atoms with Gasteiger partial charge in [-0.05, 0) is 80.3 Å². The molecule has 4 rings (SSSR count). The van der Waals surface area contributed by atoms with E-state index in [-0.39, 0.29) is 5.91 Å². The fourth-order valence-electron chi connectivity index (χ4n) is 4.17. The predicted octanol–water partition coefficient (Wildman–Crippen LogP) is 6.64. The molecule has 0 fully saturated rings. The molecule has 3 aromatic carbocycles. The van der Waals surface area contributed by atoms with Crippen LogP contribution < -0.4 is 10.1 Å². The van der Waals surface area contributed by atoms with Gasteiger partial charge in [0.05, 0.1) is 17.6 Å². The fraction of sp³-hybridized carbons (Fsp3) is 0.310. The van der Waals surface area contributed by atoms with Crippen molar-refractivity contribution in [3.63, 3.8) is 0 Å². The van der Waals surface area contributed by atoms with Crippen LogP contribution in [0.4, 0.5) is 0 Å². The van der Waals surface area contributed by atoms with E-state index in [1.165, 1.54) is 5.56 Å². The van der Waals surface area contributed by atoms with Gasteiger partial charge in [-0.2, -0.15) is 0 Å². The molecule has 0 radical (unpaired) electrons. The minimum Gasteiger partial charge on any atom is -0.491 e. The van der Waals surface area contributed by atoms with Gasteiger partial charge in [0.25, 0.3) is 5.91 Å². The molecule has 0 aliphatic rings. The van der Waals surface area contributed by atoms with Crippen molar-refractivity contribution in [3.8, 4) is 5.75 Å². The summed E-state index contributed by atoms with van der Waals surface area (Å²) in [6.45, 7) is 6.19. The Kier molecular flexibility index (Phi) is 8.59. The molecule has 5 nitrogen and oxygen atoms in total. The molecule has 0 aliphatic carbocycles. The van der Waals surface area contributed by atoms with Gasteiger partial charge in [0.15, 0.2) is 0 Å². The molecule has 0 aliphatic heterocycles. The highest BCUT2D eigenvalue weighted by atomic mass is 79.9. The first-order valence-corrected chi connectivity index (χ1v) is 13.0. The van der Waals surface area contributed by atoms with Crippen molar-refractivity contribution >= 4 is 32.9 Å². The first kappa shape index (κ1) is 25.0. The number of halogens is 1. The largest absolute Gasteiger partial charge is 0.491 e. The van der Waals surface area contributed by atoms with Crippen molar-refractivity contribution in [3.05, 3.63) is 93.7 Å². The normalized spacial score (nSPS) is 11.1. The van der Waals surface area contributed by atoms with Crippen LogP contribution in [0.3, 0.4) is 0 Å². The van der Waals surface area contributed by atoms with E-state index in [4.69, 9.17) is 9.72 Å². The lowest BCUT2D eigenvalue weighted by molar-refractivity contribution is 0.0953. The summed E-state index contributed by atoms with van der Waals surface area (Å²) >= 11 is 3.40. The molecule has 0 bridgehead atoms. The summed E-state index contributed by atoms with van der Waals surface area (Å²) in [7, 11) is 0. The van der Waals surface area contributed by atoms with Crippen LogP contribution in [-0.2, 0) is 13.0 Å². The lowest BCUT2D eigenvalue weighted by Crippen LogP contribution is -2.24. The molecule has 1 heterocycles. The van der Waals surface area contributed by atoms with Crippen molar-refractivity contribution < 1.29 is 9.53 Å². The molecule has 0 saturated heterocycles. The Morgan fingerprint density at radius 3 is 2.63 bits per heavy atom. The Bertz CT molecular complexity index is 1280. The number of aryl methyl sites for hydroxylation is 3. The van der Waals surface area contributed by atoms with E-state index in [9.17, 15) is 4.79 Å². The van der Waals surface area contributed by atoms with Crippen molar-refractivity contribution in [2.75, 3.05) is 13.2 Å². The van der Waals surface area contributed by atoms with Crippen molar-refractivity contribution in [1.29, 1.82) is 0 Å². The zero-order valence-electron chi connectivity index (χ0n) is 20.4. The van der Waals surface area contributed by atoms with Crippen LogP contribution in [0.5, 0.6) is 5.75 Å². The minimum atomic E-state index is -0.0249. The van der Waals surface area contributed by atoms with E-state index in [0.717, 1.165) is 64.9 Å². The number of rotatable bonds is 11. The molecule has 0 saturated carbocycles. The number of nitrogens with one attached hydrogen (secondary N) is 1. The van der Waals surface area contributed by atoms with E-state index >= 15 is 0 Å². The monoisotopic (exact) mass is 533 g/mol. The van der Waals surface area contributed by atoms with Crippen LogP contribution in [-0.4, -0.2) is 28.6 Å². The van der Waals surface area contributed by atoms with Gasteiger partial charge in [-0.3, -0.25) is 4.79 Å². The predicted molar refractivity (Wildman–Crippen MR) is 145 cm³/mol. The first-order chi connectivity index (χ1) is 17.0. The first-order valence-electron chi connectivity index (χ1n) is 12.2. The SMILES string of the molecule is Cc1ccc(C)c(OCCn2c(CCCCCNC(=O)c3ccc(Br)cc3)nc3ccccc32)c1. The van der Waals surface area contributed by atoms with Gasteiger partial charge in [0.2, 0.25) is 0 Å². The lowest BCUT2D eigenvalue weighted by Gasteiger charge is -2.13. The standard InChI is InChI=1S/C29H32BrN3O2/c1-21-11-12-22(2)27(20-21)35-19-18-33-26-9-6-5-8-25(26)32-28(33)10-4-3-7-17-31-29(34)23-13-15-24(30)16-14-23/h5-6,8-9,11-16,20H,3-4,7,10,17-19H2,1-2H3,(H,31,34). The second kappa shape index (κ2) is 12.0. The maximum Gasteiger partial charge on any atom is 0.251 e. The average molecular weight is 534 g/mol. The van der Waals surface area contributed by atoms with Crippen molar-refractivity contribution in [2.45, 2.75) is 46.1 Å². The topological polar surface area (TPSA) is 56.1 Å². The zero-order valence-corrected chi connectivity index (χ0v) is 22.0. The Labute approximate surface area is 215 Å². The number of carbonyl (C=O) groups excluding carboxylic acids is 1. The number of ether oxygens (including phenoxy) is 1. The Morgan fingerprint density at radius 1 is 1.00 bits per heavy atom. The highest BCUT2D eigenvalue weighted by molar-refractivity contribution is 9.10. The number of aromatic nitrogens is 2. The van der Waals surface area contributed by atoms with Gasteiger partial charge in [-0.25, -0.2) is 4.98 Å². The van der Waals surface area contributed by atoms with E-state index < -0.39 is 0 Å². The molecule has 1 aromatic heterocycles. The van der Waals surface area contributed by atoms with E-state index in [0.29, 0.717) is 18.7 Å². The van der Waals surface area contributed by atoms with Gasteiger partial charge < -0.3 is 14.6 Å². The molecular weight excluding hydrogens is 502 g/mol. The van der Waals surface area contributed by atoms with Gasteiger partial charge in [0, 0.05) is 23.0 Å². The van der Waals surface area contributed by atoms with E-state index in [2.05, 4.69) is 76.1 Å². The molecule has 0 atom stereocenters. The number of hydrogen-bond acceptors (Lipinski definition) is 3. The summed E-state index contributed by atoms with van der Waals surface area (Å²) in [5.74, 6) is 2.01. The Morgan fingerprint density at radius 2 is 1.80 bits per heavy atom. The van der Waals surface area contributed by atoms with E-state index in [1.54, 1.807) is 0 Å². The highest BCUT2D eigenvalue weighted by Gasteiger charge is 2.11. The minimum absolute atomic E-state index is 0.0249. The molecule has 1 N–H and O–H groups in total. The van der Waals surface area contributed by atoms with Crippen LogP contribution in [0.1, 0.15) is 46.6 Å². The summed E-state index contributed by atoms with van der Waals surface area (Å²) in [6.07, 6.45) is 3.90. The number of para-hydroxylation sites is 2. The third-order valence-electron chi connectivity index (χ3n) is 6.12. The molecule has 4 aromatic rings. The van der Waals surface area contributed by atoms with Crippen LogP contribution in [0.15, 0.2) is 71.2 Å². The molecule has 0 unspecified atom stereocenters. The summed E-state index contributed by atoms with van der Waals surface area (Å²) in [4.78, 5) is 17.1. The number of hydrogen-bond donors (Lipinski definition) is 1. The molecular formula is C29H32BrN3O2. The van der Waals surface area contributed by atoms with Gasteiger partial charge in [-0.1, -0.05) is 46.6 Å². The van der Waals surface area contributed by atoms with E-state index in [1.807, 2.05) is 30.3 Å². The van der Waals surface area contributed by atoms with Crippen molar-refractivity contribution in [1.82, 2.24) is 14.9 Å². The number of unbranched alkanes of at least 4 members (excludes halogenated alkanes) is 2. The number of fused-ring (bicyclic) bond motifs is 1. The molecule has 6 heteroatoms. The van der Waals surface area contributed by atoms with Gasteiger partial charge in [-0.15, -0.1) is 0 Å². The van der Waals surface area contributed by atoms with Crippen molar-refractivity contribution in [2.24, 2.45) is 0 Å².